The molecule has 98 valence electrons. The summed E-state index contributed by atoms with van der Waals surface area (Å²) in [6, 6.07) is 1.01. The number of aliphatic carboxylic acids is 2. The van der Waals surface area contributed by atoms with Gasteiger partial charge in [-0.3, -0.25) is 0 Å². The van der Waals surface area contributed by atoms with Gasteiger partial charge in [0.05, 0.1) is 0 Å². The Morgan fingerprint density at radius 3 is 1.76 bits per heavy atom. The predicted octanol–water partition coefficient (Wildman–Crippen LogP) is 2.98. The van der Waals surface area contributed by atoms with Crippen LogP contribution in [-0.2, 0) is 9.59 Å². The van der Waals surface area contributed by atoms with Crippen LogP contribution in [0.4, 0.5) is 0 Å². The second-order valence-corrected chi connectivity index (χ2v) is 11.0. The molecular formula is C12H22O4Si. The van der Waals surface area contributed by atoms with Crippen molar-refractivity contribution >= 4 is 20.0 Å². The highest BCUT2D eigenvalue weighted by Gasteiger charge is 2.20. The molecule has 0 heterocycles. The Kier molecular flexibility index (Phi) is 6.16. The van der Waals surface area contributed by atoms with Gasteiger partial charge in [0.2, 0.25) is 0 Å². The maximum absolute atomic E-state index is 11.0. The number of rotatable bonds is 7. The topological polar surface area (TPSA) is 74.6 Å². The van der Waals surface area contributed by atoms with E-state index in [4.69, 9.17) is 10.2 Å². The van der Waals surface area contributed by atoms with Crippen LogP contribution in [0.15, 0.2) is 11.1 Å². The molecule has 0 atom stereocenters. The Morgan fingerprint density at radius 1 is 1.00 bits per heavy atom. The number of carboxylic acid groups (broad SMARTS) is 2. The molecule has 0 saturated heterocycles. The van der Waals surface area contributed by atoms with Crippen LogP contribution in [0, 0.1) is 0 Å². The lowest BCUT2D eigenvalue weighted by atomic mass is 10.0. The van der Waals surface area contributed by atoms with Crippen LogP contribution in [0.25, 0.3) is 0 Å². The lowest BCUT2D eigenvalue weighted by molar-refractivity contribution is -0.136. The summed E-state index contributed by atoms with van der Waals surface area (Å²) in [4.78, 5) is 22.0. The zero-order valence-electron chi connectivity index (χ0n) is 11.0. The third kappa shape index (κ3) is 6.26. The van der Waals surface area contributed by atoms with Crippen molar-refractivity contribution in [3.8, 4) is 0 Å². The second-order valence-electron chi connectivity index (χ2n) is 5.34. The monoisotopic (exact) mass is 258 g/mol. The molecule has 0 bridgehead atoms. The first-order valence-electron chi connectivity index (χ1n) is 5.87. The van der Waals surface area contributed by atoms with E-state index >= 15 is 0 Å². The molecule has 0 saturated carbocycles. The van der Waals surface area contributed by atoms with Crippen molar-refractivity contribution in [1.82, 2.24) is 0 Å². The molecule has 0 aliphatic carbocycles. The summed E-state index contributed by atoms with van der Waals surface area (Å²) in [5, 5.41) is 18.0. The van der Waals surface area contributed by atoms with Crippen LogP contribution < -0.4 is 0 Å². The quantitative estimate of drug-likeness (QED) is 0.544. The Hall–Kier alpha value is -1.10. The minimum atomic E-state index is -1.19. The Bertz CT molecular complexity index is 326. The summed E-state index contributed by atoms with van der Waals surface area (Å²) >= 11 is 0. The first-order valence-corrected chi connectivity index (χ1v) is 9.58. The average molecular weight is 258 g/mol. The smallest absolute Gasteiger partial charge is 0.332 e. The van der Waals surface area contributed by atoms with E-state index in [0.717, 1.165) is 12.5 Å². The molecule has 2 N–H and O–H groups in total. The molecule has 0 fully saturated rings. The van der Waals surface area contributed by atoms with Crippen LogP contribution >= 0.6 is 0 Å². The van der Waals surface area contributed by atoms with Gasteiger partial charge in [-0.05, 0) is 12.8 Å². The van der Waals surface area contributed by atoms with Crippen LogP contribution in [-0.4, -0.2) is 30.2 Å². The molecule has 4 nitrogen and oxygen atoms in total. The summed E-state index contributed by atoms with van der Waals surface area (Å²) in [5.74, 6) is -2.21. The van der Waals surface area contributed by atoms with Crippen molar-refractivity contribution in [2.24, 2.45) is 0 Å². The molecular weight excluding hydrogens is 236 g/mol. The molecule has 0 amide bonds. The van der Waals surface area contributed by atoms with Crippen molar-refractivity contribution in [1.29, 1.82) is 0 Å². The van der Waals surface area contributed by atoms with Crippen molar-refractivity contribution < 1.29 is 19.8 Å². The number of hydrogen-bond donors (Lipinski definition) is 2. The highest BCUT2D eigenvalue weighted by Crippen LogP contribution is 2.20. The molecule has 0 aliphatic heterocycles. The molecule has 0 radical (unpaired) electrons. The van der Waals surface area contributed by atoms with E-state index in [1.54, 1.807) is 6.92 Å². The van der Waals surface area contributed by atoms with Gasteiger partial charge in [-0.25, -0.2) is 9.59 Å². The van der Waals surface area contributed by atoms with Crippen molar-refractivity contribution in [2.45, 2.75) is 51.9 Å². The maximum atomic E-state index is 11.0. The minimum absolute atomic E-state index is 0.0353. The highest BCUT2D eigenvalue weighted by atomic mass is 28.3. The SMILES string of the molecule is CCC(C(=O)O)=C(CCC[Si](C)(C)C)C(=O)O. The standard InChI is InChI=1S/C12H22O4Si/c1-5-9(11(13)14)10(12(15)16)7-6-8-17(2,3)4/h5-8H2,1-4H3,(H,13,14)(H,15,16). The second kappa shape index (κ2) is 6.59. The van der Waals surface area contributed by atoms with Gasteiger partial charge in [0.15, 0.2) is 0 Å². The van der Waals surface area contributed by atoms with Crippen LogP contribution in [0.2, 0.25) is 25.7 Å². The van der Waals surface area contributed by atoms with Gasteiger partial charge in [0, 0.05) is 19.2 Å². The van der Waals surface area contributed by atoms with Crippen LogP contribution in [0.5, 0.6) is 0 Å². The summed E-state index contributed by atoms with van der Waals surface area (Å²) in [6.45, 7) is 8.32. The van der Waals surface area contributed by atoms with E-state index in [-0.39, 0.29) is 17.6 Å². The normalized spacial score (nSPS) is 13.2. The summed E-state index contributed by atoms with van der Waals surface area (Å²) in [6.07, 6.45) is 1.37. The Morgan fingerprint density at radius 2 is 1.47 bits per heavy atom. The number of hydrogen-bond acceptors (Lipinski definition) is 2. The van der Waals surface area contributed by atoms with E-state index in [9.17, 15) is 9.59 Å². The van der Waals surface area contributed by atoms with E-state index in [1.165, 1.54) is 0 Å². The van der Waals surface area contributed by atoms with Gasteiger partial charge < -0.3 is 10.2 Å². The van der Waals surface area contributed by atoms with E-state index < -0.39 is 20.0 Å². The first kappa shape index (κ1) is 15.9. The third-order valence-electron chi connectivity index (χ3n) is 2.59. The molecule has 17 heavy (non-hydrogen) atoms. The van der Waals surface area contributed by atoms with Crippen molar-refractivity contribution in [3.05, 3.63) is 11.1 Å². The summed E-state index contributed by atoms with van der Waals surface area (Å²) < 4.78 is 0. The Balaban J connectivity index is 4.77. The number of carboxylic acids is 2. The largest absolute Gasteiger partial charge is 0.478 e. The molecule has 0 aromatic heterocycles. The molecule has 0 spiro atoms. The van der Waals surface area contributed by atoms with E-state index in [2.05, 4.69) is 19.6 Å². The minimum Gasteiger partial charge on any atom is -0.478 e. The first-order chi connectivity index (χ1) is 7.69. The molecule has 0 unspecified atom stereocenters. The lowest BCUT2D eigenvalue weighted by Crippen LogP contribution is -2.19. The summed E-state index contributed by atoms with van der Waals surface area (Å²) in [7, 11) is -1.19. The van der Waals surface area contributed by atoms with Gasteiger partial charge in [-0.1, -0.05) is 39.0 Å². The van der Waals surface area contributed by atoms with Gasteiger partial charge >= 0.3 is 11.9 Å². The predicted molar refractivity (Wildman–Crippen MR) is 70.0 cm³/mol. The molecule has 0 aromatic carbocycles. The van der Waals surface area contributed by atoms with Gasteiger partial charge in [-0.15, -0.1) is 0 Å². The zero-order valence-corrected chi connectivity index (χ0v) is 12.0. The zero-order chi connectivity index (χ0) is 13.6. The van der Waals surface area contributed by atoms with E-state index in [1.807, 2.05) is 0 Å². The van der Waals surface area contributed by atoms with E-state index in [0.29, 0.717) is 6.42 Å². The van der Waals surface area contributed by atoms with Gasteiger partial charge in [-0.2, -0.15) is 0 Å². The fourth-order valence-electron chi connectivity index (χ4n) is 1.68. The maximum Gasteiger partial charge on any atom is 0.332 e. The number of carbonyl (C=O) groups is 2. The highest BCUT2D eigenvalue weighted by molar-refractivity contribution is 6.76. The molecule has 5 heteroatoms. The molecule has 0 aromatic rings. The third-order valence-corrected chi connectivity index (χ3v) is 4.44. The van der Waals surface area contributed by atoms with Gasteiger partial charge in [0.1, 0.15) is 0 Å². The molecule has 0 rings (SSSR count). The van der Waals surface area contributed by atoms with Crippen LogP contribution in [0.3, 0.4) is 0 Å². The Labute approximate surface area is 103 Å². The lowest BCUT2D eigenvalue weighted by Gasteiger charge is -2.15. The van der Waals surface area contributed by atoms with Crippen molar-refractivity contribution in [3.63, 3.8) is 0 Å². The summed E-state index contributed by atoms with van der Waals surface area (Å²) in [5.41, 5.74) is 0.103. The fourth-order valence-corrected chi connectivity index (χ4v) is 2.91. The van der Waals surface area contributed by atoms with Gasteiger partial charge in [0.25, 0.3) is 0 Å². The van der Waals surface area contributed by atoms with Crippen molar-refractivity contribution in [2.75, 3.05) is 0 Å². The fraction of sp³-hybridized carbons (Fsp3) is 0.667. The molecule has 0 aliphatic rings. The average Bonchev–Trinajstić information content (AvgIpc) is 2.13. The van der Waals surface area contributed by atoms with Crippen LogP contribution in [0.1, 0.15) is 26.2 Å².